The molecule has 0 bridgehead atoms. The number of rotatable bonds is 6. The summed E-state index contributed by atoms with van der Waals surface area (Å²) in [5.41, 5.74) is 2.01. The molecular formula is C17H18O3. The van der Waals surface area contributed by atoms with E-state index in [9.17, 15) is 4.79 Å². The summed E-state index contributed by atoms with van der Waals surface area (Å²) in [5.74, 6) is 1.32. The summed E-state index contributed by atoms with van der Waals surface area (Å²) in [4.78, 5) is 11.4. The minimum Gasteiger partial charge on any atom is -0.497 e. The van der Waals surface area contributed by atoms with Crippen LogP contribution >= 0.6 is 0 Å². The third-order valence-electron chi connectivity index (χ3n) is 3.33. The number of carbonyl (C=O) groups excluding carboxylic acids is 1. The van der Waals surface area contributed by atoms with Gasteiger partial charge in [0, 0.05) is 12.0 Å². The second kappa shape index (κ2) is 6.75. The number of carbonyl (C=O) groups is 1. The van der Waals surface area contributed by atoms with Crippen LogP contribution in [0.4, 0.5) is 0 Å². The SMILES string of the molecule is COc1ccc(CC(C=O)c2ccccc2)c(OC)c1. The van der Waals surface area contributed by atoms with Crippen LogP contribution in [0.2, 0.25) is 0 Å². The van der Waals surface area contributed by atoms with E-state index < -0.39 is 0 Å². The molecule has 3 heteroatoms. The van der Waals surface area contributed by atoms with Crippen molar-refractivity contribution in [2.45, 2.75) is 12.3 Å². The van der Waals surface area contributed by atoms with E-state index in [1.807, 2.05) is 48.5 Å². The summed E-state index contributed by atoms with van der Waals surface area (Å²) in [6.45, 7) is 0. The van der Waals surface area contributed by atoms with Crippen LogP contribution in [0.3, 0.4) is 0 Å². The summed E-state index contributed by atoms with van der Waals surface area (Å²) in [6, 6.07) is 15.4. The molecule has 0 heterocycles. The maximum Gasteiger partial charge on any atom is 0.127 e. The van der Waals surface area contributed by atoms with Crippen LogP contribution in [0.5, 0.6) is 11.5 Å². The number of aldehydes is 1. The van der Waals surface area contributed by atoms with E-state index >= 15 is 0 Å². The standard InChI is InChI=1S/C17H18O3/c1-19-16-9-8-14(17(11-16)20-2)10-15(12-18)13-6-4-3-5-7-13/h3-9,11-12,15H,10H2,1-2H3. The summed E-state index contributed by atoms with van der Waals surface area (Å²) < 4.78 is 10.6. The van der Waals surface area contributed by atoms with Gasteiger partial charge in [-0.25, -0.2) is 0 Å². The van der Waals surface area contributed by atoms with E-state index in [1.165, 1.54) is 0 Å². The Morgan fingerprint density at radius 2 is 1.80 bits per heavy atom. The van der Waals surface area contributed by atoms with Crippen molar-refractivity contribution in [3.63, 3.8) is 0 Å². The van der Waals surface area contributed by atoms with Crippen molar-refractivity contribution in [1.82, 2.24) is 0 Å². The normalized spacial score (nSPS) is 11.7. The smallest absolute Gasteiger partial charge is 0.127 e. The van der Waals surface area contributed by atoms with Crippen LogP contribution in [-0.2, 0) is 11.2 Å². The van der Waals surface area contributed by atoms with Gasteiger partial charge < -0.3 is 14.3 Å². The van der Waals surface area contributed by atoms with Crippen molar-refractivity contribution in [3.05, 3.63) is 59.7 Å². The fourth-order valence-electron chi connectivity index (χ4n) is 2.20. The molecule has 0 radical (unpaired) electrons. The van der Waals surface area contributed by atoms with Gasteiger partial charge in [0.2, 0.25) is 0 Å². The molecule has 0 fully saturated rings. The largest absolute Gasteiger partial charge is 0.497 e. The molecule has 1 atom stereocenters. The van der Waals surface area contributed by atoms with E-state index in [0.717, 1.165) is 28.9 Å². The van der Waals surface area contributed by atoms with Crippen molar-refractivity contribution in [2.24, 2.45) is 0 Å². The van der Waals surface area contributed by atoms with E-state index in [4.69, 9.17) is 9.47 Å². The highest BCUT2D eigenvalue weighted by Crippen LogP contribution is 2.29. The topological polar surface area (TPSA) is 35.5 Å². The Labute approximate surface area is 119 Å². The van der Waals surface area contributed by atoms with Gasteiger partial charge in [-0.05, 0) is 23.6 Å². The Morgan fingerprint density at radius 1 is 1.05 bits per heavy atom. The monoisotopic (exact) mass is 270 g/mol. The molecule has 0 aromatic heterocycles. The van der Waals surface area contributed by atoms with E-state index in [-0.39, 0.29) is 5.92 Å². The van der Waals surface area contributed by atoms with Crippen LogP contribution < -0.4 is 9.47 Å². The van der Waals surface area contributed by atoms with E-state index in [1.54, 1.807) is 14.2 Å². The fraction of sp³-hybridized carbons (Fsp3) is 0.235. The molecule has 104 valence electrons. The van der Waals surface area contributed by atoms with Crippen molar-refractivity contribution in [1.29, 1.82) is 0 Å². The second-order valence-electron chi connectivity index (χ2n) is 4.54. The number of hydrogen-bond acceptors (Lipinski definition) is 3. The lowest BCUT2D eigenvalue weighted by molar-refractivity contribution is -0.109. The average molecular weight is 270 g/mol. The zero-order valence-corrected chi connectivity index (χ0v) is 11.7. The molecule has 2 aromatic carbocycles. The van der Waals surface area contributed by atoms with Gasteiger partial charge in [-0.15, -0.1) is 0 Å². The summed E-state index contributed by atoms with van der Waals surface area (Å²) in [6.07, 6.45) is 1.60. The summed E-state index contributed by atoms with van der Waals surface area (Å²) in [7, 11) is 3.24. The Hall–Kier alpha value is -2.29. The molecule has 0 spiro atoms. The molecule has 2 aromatic rings. The Balaban J connectivity index is 2.26. The molecule has 0 amide bonds. The van der Waals surface area contributed by atoms with Crippen LogP contribution in [0.15, 0.2) is 48.5 Å². The minimum atomic E-state index is -0.168. The first kappa shape index (κ1) is 14.1. The summed E-state index contributed by atoms with van der Waals surface area (Å²) >= 11 is 0. The number of methoxy groups -OCH3 is 2. The number of ether oxygens (including phenoxy) is 2. The van der Waals surface area contributed by atoms with Crippen LogP contribution in [-0.4, -0.2) is 20.5 Å². The van der Waals surface area contributed by atoms with Crippen molar-refractivity contribution in [2.75, 3.05) is 14.2 Å². The lowest BCUT2D eigenvalue weighted by Gasteiger charge is -2.14. The third kappa shape index (κ3) is 3.18. The van der Waals surface area contributed by atoms with E-state index in [2.05, 4.69) is 0 Å². The van der Waals surface area contributed by atoms with Gasteiger partial charge in [0.05, 0.1) is 14.2 Å². The molecule has 0 saturated carbocycles. The lowest BCUT2D eigenvalue weighted by atomic mass is 9.93. The van der Waals surface area contributed by atoms with Crippen molar-refractivity contribution in [3.8, 4) is 11.5 Å². The zero-order valence-electron chi connectivity index (χ0n) is 11.7. The Bertz CT molecular complexity index is 564. The number of benzene rings is 2. The zero-order chi connectivity index (χ0) is 14.4. The van der Waals surface area contributed by atoms with Gasteiger partial charge in [-0.2, -0.15) is 0 Å². The first-order valence-corrected chi connectivity index (χ1v) is 6.49. The molecule has 0 aliphatic rings. The summed E-state index contributed by atoms with van der Waals surface area (Å²) in [5, 5.41) is 0. The second-order valence-corrected chi connectivity index (χ2v) is 4.54. The van der Waals surface area contributed by atoms with Gasteiger partial charge >= 0.3 is 0 Å². The minimum absolute atomic E-state index is 0.168. The Kier molecular flexibility index (Phi) is 4.77. The molecule has 2 rings (SSSR count). The molecular weight excluding hydrogens is 252 g/mol. The van der Waals surface area contributed by atoms with Gasteiger partial charge in [-0.1, -0.05) is 36.4 Å². The predicted molar refractivity (Wildman–Crippen MR) is 78.5 cm³/mol. The molecule has 3 nitrogen and oxygen atoms in total. The molecule has 0 saturated heterocycles. The third-order valence-corrected chi connectivity index (χ3v) is 3.33. The number of hydrogen-bond donors (Lipinski definition) is 0. The van der Waals surface area contributed by atoms with Gasteiger partial charge in [-0.3, -0.25) is 0 Å². The molecule has 1 unspecified atom stereocenters. The first-order valence-electron chi connectivity index (χ1n) is 6.49. The van der Waals surface area contributed by atoms with Gasteiger partial charge in [0.15, 0.2) is 0 Å². The van der Waals surface area contributed by atoms with Crippen LogP contribution in [0, 0.1) is 0 Å². The quantitative estimate of drug-likeness (QED) is 0.756. The average Bonchev–Trinajstić information content (AvgIpc) is 2.53. The van der Waals surface area contributed by atoms with Crippen molar-refractivity contribution >= 4 is 6.29 Å². The fourth-order valence-corrected chi connectivity index (χ4v) is 2.20. The van der Waals surface area contributed by atoms with Crippen molar-refractivity contribution < 1.29 is 14.3 Å². The predicted octanol–water partition coefficient (Wildman–Crippen LogP) is 3.23. The highest BCUT2D eigenvalue weighted by molar-refractivity contribution is 5.63. The maximum atomic E-state index is 11.4. The lowest BCUT2D eigenvalue weighted by Crippen LogP contribution is -2.05. The highest BCUT2D eigenvalue weighted by Gasteiger charge is 2.14. The molecule has 0 aliphatic carbocycles. The molecule has 0 aliphatic heterocycles. The Morgan fingerprint density at radius 3 is 2.40 bits per heavy atom. The van der Waals surface area contributed by atoms with Crippen LogP contribution in [0.1, 0.15) is 17.0 Å². The molecule has 0 N–H and O–H groups in total. The van der Waals surface area contributed by atoms with E-state index in [0.29, 0.717) is 6.42 Å². The maximum absolute atomic E-state index is 11.4. The van der Waals surface area contributed by atoms with Crippen LogP contribution in [0.25, 0.3) is 0 Å². The highest BCUT2D eigenvalue weighted by atomic mass is 16.5. The molecule has 20 heavy (non-hydrogen) atoms. The van der Waals surface area contributed by atoms with Gasteiger partial charge in [0.25, 0.3) is 0 Å². The first-order chi connectivity index (χ1) is 9.78. The van der Waals surface area contributed by atoms with Gasteiger partial charge in [0.1, 0.15) is 17.8 Å².